The molecule has 0 saturated carbocycles. The first kappa shape index (κ1) is 16.9. The second kappa shape index (κ2) is 7.37. The molecule has 4 aromatic rings. The first-order valence-electron chi connectivity index (χ1n) is 8.53. The van der Waals surface area contributed by atoms with Crippen molar-refractivity contribution in [3.63, 3.8) is 0 Å². The van der Waals surface area contributed by atoms with E-state index in [9.17, 15) is 4.39 Å². The van der Waals surface area contributed by atoms with Gasteiger partial charge in [0.25, 0.3) is 5.89 Å². The van der Waals surface area contributed by atoms with Crippen molar-refractivity contribution in [2.75, 3.05) is 5.32 Å². The van der Waals surface area contributed by atoms with Crippen LogP contribution in [0, 0.1) is 12.7 Å². The maximum Gasteiger partial charge on any atom is 0.259 e. The number of hydrogen-bond acceptors (Lipinski definition) is 5. The van der Waals surface area contributed by atoms with E-state index in [1.807, 2.05) is 43.3 Å². The van der Waals surface area contributed by atoms with Gasteiger partial charge in [0, 0.05) is 18.3 Å². The second-order valence-corrected chi connectivity index (χ2v) is 6.20. The molecule has 0 saturated heterocycles. The Morgan fingerprint density at radius 1 is 1.00 bits per heavy atom. The molecule has 0 spiro atoms. The topological polar surface area (TPSA) is 63.8 Å². The lowest BCUT2D eigenvalue weighted by atomic mass is 10.1. The predicted octanol–water partition coefficient (Wildman–Crippen LogP) is 4.86. The highest BCUT2D eigenvalue weighted by molar-refractivity contribution is 5.60. The summed E-state index contributed by atoms with van der Waals surface area (Å²) < 4.78 is 18.3. The number of pyridine rings is 1. The van der Waals surface area contributed by atoms with Gasteiger partial charge >= 0.3 is 0 Å². The van der Waals surface area contributed by atoms with Crippen molar-refractivity contribution in [1.82, 2.24) is 15.1 Å². The van der Waals surface area contributed by atoms with Gasteiger partial charge in [-0.25, -0.2) is 9.37 Å². The summed E-state index contributed by atoms with van der Waals surface area (Å²) in [4.78, 5) is 8.82. The minimum atomic E-state index is -0.245. The van der Waals surface area contributed by atoms with Crippen molar-refractivity contribution in [3.05, 3.63) is 83.8 Å². The first-order chi connectivity index (χ1) is 13.2. The van der Waals surface area contributed by atoms with Crippen molar-refractivity contribution in [3.8, 4) is 22.8 Å². The van der Waals surface area contributed by atoms with Gasteiger partial charge in [-0.15, -0.1) is 0 Å². The molecule has 134 valence electrons. The van der Waals surface area contributed by atoms with Crippen LogP contribution in [0.2, 0.25) is 0 Å². The average molecular weight is 360 g/mol. The molecule has 0 unspecified atom stereocenters. The maximum atomic E-state index is 12.9. The smallest absolute Gasteiger partial charge is 0.259 e. The van der Waals surface area contributed by atoms with Gasteiger partial charge in [0.2, 0.25) is 5.82 Å². The number of nitrogens with zero attached hydrogens (tertiary/aromatic N) is 3. The third kappa shape index (κ3) is 4.00. The Kier molecular flexibility index (Phi) is 4.61. The van der Waals surface area contributed by atoms with Gasteiger partial charge in [-0.3, -0.25) is 0 Å². The highest BCUT2D eigenvalue weighted by atomic mass is 19.1. The molecule has 2 aromatic heterocycles. The summed E-state index contributed by atoms with van der Waals surface area (Å²) in [6.45, 7) is 2.58. The molecular formula is C21H17FN4O. The van der Waals surface area contributed by atoms with Gasteiger partial charge in [0.15, 0.2) is 0 Å². The fraction of sp³-hybridized carbons (Fsp3) is 0.0952. The van der Waals surface area contributed by atoms with Gasteiger partial charge in [-0.1, -0.05) is 41.1 Å². The van der Waals surface area contributed by atoms with Crippen LogP contribution in [0.4, 0.5) is 10.2 Å². The molecule has 2 aromatic carbocycles. The second-order valence-electron chi connectivity index (χ2n) is 6.20. The summed E-state index contributed by atoms with van der Waals surface area (Å²) in [7, 11) is 0. The van der Waals surface area contributed by atoms with E-state index in [0.717, 1.165) is 22.3 Å². The van der Waals surface area contributed by atoms with Crippen LogP contribution < -0.4 is 5.32 Å². The fourth-order valence-corrected chi connectivity index (χ4v) is 2.66. The molecule has 0 aliphatic heterocycles. The van der Waals surface area contributed by atoms with Crippen molar-refractivity contribution < 1.29 is 8.91 Å². The summed E-state index contributed by atoms with van der Waals surface area (Å²) in [6, 6.07) is 18.0. The van der Waals surface area contributed by atoms with E-state index in [1.165, 1.54) is 12.1 Å². The average Bonchev–Trinajstić information content (AvgIpc) is 3.18. The van der Waals surface area contributed by atoms with Crippen LogP contribution in [0.3, 0.4) is 0 Å². The Hall–Kier alpha value is -3.54. The molecule has 0 radical (unpaired) electrons. The van der Waals surface area contributed by atoms with E-state index >= 15 is 0 Å². The lowest BCUT2D eigenvalue weighted by molar-refractivity contribution is 0.432. The molecule has 1 N–H and O–H groups in total. The lowest BCUT2D eigenvalue weighted by Crippen LogP contribution is -2.01. The molecular weight excluding hydrogens is 343 g/mol. The fourth-order valence-electron chi connectivity index (χ4n) is 2.66. The standard InChI is InChI=1S/C21H17FN4O/c1-14-3-2-4-16(11-14)20-25-21(27-26-20)17-7-10-19(24-13-17)23-12-15-5-8-18(22)9-6-15/h2-11,13H,12H2,1H3,(H,23,24). The monoisotopic (exact) mass is 360 g/mol. The Balaban J connectivity index is 1.45. The van der Waals surface area contributed by atoms with Crippen LogP contribution in [0.1, 0.15) is 11.1 Å². The SMILES string of the molecule is Cc1cccc(-c2noc(-c3ccc(NCc4ccc(F)cc4)nc3)n2)c1. The summed E-state index contributed by atoms with van der Waals surface area (Å²) >= 11 is 0. The van der Waals surface area contributed by atoms with Crippen LogP contribution in [-0.4, -0.2) is 15.1 Å². The van der Waals surface area contributed by atoms with Crippen LogP contribution in [0.5, 0.6) is 0 Å². The number of halogens is 1. The van der Waals surface area contributed by atoms with Gasteiger partial charge in [-0.2, -0.15) is 4.98 Å². The van der Waals surface area contributed by atoms with Crippen LogP contribution in [0.15, 0.2) is 71.4 Å². The molecule has 0 aliphatic rings. The Bertz CT molecular complexity index is 1040. The zero-order chi connectivity index (χ0) is 18.6. The van der Waals surface area contributed by atoms with Gasteiger partial charge < -0.3 is 9.84 Å². The summed E-state index contributed by atoms with van der Waals surface area (Å²) in [5.74, 6) is 1.43. The Labute approximate surface area is 155 Å². The number of nitrogens with one attached hydrogen (secondary N) is 1. The van der Waals surface area contributed by atoms with Crippen LogP contribution in [-0.2, 0) is 6.54 Å². The number of benzene rings is 2. The van der Waals surface area contributed by atoms with E-state index in [2.05, 4.69) is 20.4 Å². The number of rotatable bonds is 5. The van der Waals surface area contributed by atoms with E-state index in [4.69, 9.17) is 4.52 Å². The molecule has 0 aliphatic carbocycles. The molecule has 6 heteroatoms. The molecule has 5 nitrogen and oxygen atoms in total. The zero-order valence-electron chi connectivity index (χ0n) is 14.7. The quantitative estimate of drug-likeness (QED) is 0.551. The largest absolute Gasteiger partial charge is 0.366 e. The maximum absolute atomic E-state index is 12.9. The molecule has 27 heavy (non-hydrogen) atoms. The van der Waals surface area contributed by atoms with Crippen molar-refractivity contribution >= 4 is 5.82 Å². The van der Waals surface area contributed by atoms with Gasteiger partial charge in [0.05, 0.1) is 5.56 Å². The zero-order valence-corrected chi connectivity index (χ0v) is 14.7. The number of aryl methyl sites for hydroxylation is 1. The van der Waals surface area contributed by atoms with Crippen LogP contribution >= 0.6 is 0 Å². The molecule has 0 bridgehead atoms. The minimum Gasteiger partial charge on any atom is -0.366 e. The third-order valence-electron chi connectivity index (χ3n) is 4.10. The van der Waals surface area contributed by atoms with E-state index in [1.54, 1.807) is 18.3 Å². The van der Waals surface area contributed by atoms with Gasteiger partial charge in [-0.05, 0) is 42.8 Å². The molecule has 0 fully saturated rings. The highest BCUT2D eigenvalue weighted by Gasteiger charge is 2.11. The number of hydrogen-bond donors (Lipinski definition) is 1. The van der Waals surface area contributed by atoms with Crippen LogP contribution in [0.25, 0.3) is 22.8 Å². The number of aromatic nitrogens is 3. The summed E-state index contributed by atoms with van der Waals surface area (Å²) in [5, 5.41) is 7.25. The molecule has 0 amide bonds. The lowest BCUT2D eigenvalue weighted by Gasteiger charge is -2.05. The van der Waals surface area contributed by atoms with E-state index < -0.39 is 0 Å². The summed E-state index contributed by atoms with van der Waals surface area (Å²) in [6.07, 6.45) is 1.68. The molecule has 0 atom stereocenters. The Morgan fingerprint density at radius 3 is 2.59 bits per heavy atom. The predicted molar refractivity (Wildman–Crippen MR) is 101 cm³/mol. The highest BCUT2D eigenvalue weighted by Crippen LogP contribution is 2.23. The van der Waals surface area contributed by atoms with Crippen molar-refractivity contribution in [2.45, 2.75) is 13.5 Å². The van der Waals surface area contributed by atoms with E-state index in [-0.39, 0.29) is 5.82 Å². The number of anilines is 1. The normalized spacial score (nSPS) is 10.7. The minimum absolute atomic E-state index is 0.245. The Morgan fingerprint density at radius 2 is 1.85 bits per heavy atom. The first-order valence-corrected chi connectivity index (χ1v) is 8.53. The van der Waals surface area contributed by atoms with Gasteiger partial charge in [0.1, 0.15) is 11.6 Å². The van der Waals surface area contributed by atoms with Crippen molar-refractivity contribution in [2.24, 2.45) is 0 Å². The van der Waals surface area contributed by atoms with Crippen molar-refractivity contribution in [1.29, 1.82) is 0 Å². The summed E-state index contributed by atoms with van der Waals surface area (Å²) in [5.41, 5.74) is 3.77. The molecule has 2 heterocycles. The molecule has 4 rings (SSSR count). The third-order valence-corrected chi connectivity index (χ3v) is 4.10. The van der Waals surface area contributed by atoms with E-state index in [0.29, 0.717) is 24.1 Å².